The molecule has 1 spiro atoms. The van der Waals surface area contributed by atoms with Gasteiger partial charge in [-0.15, -0.1) is 11.8 Å². The number of ether oxygens (including phenoxy) is 1. The van der Waals surface area contributed by atoms with Gasteiger partial charge < -0.3 is 20.1 Å². The highest BCUT2D eigenvalue weighted by Crippen LogP contribution is 2.43. The van der Waals surface area contributed by atoms with Crippen LogP contribution in [0.5, 0.6) is 5.75 Å². The maximum absolute atomic E-state index is 13.8. The number of thioether (sulfide) groups is 1. The molecule has 1 saturated carbocycles. The monoisotopic (exact) mass is 642 g/mol. The van der Waals surface area contributed by atoms with Crippen molar-refractivity contribution in [3.8, 4) is 17.6 Å². The van der Waals surface area contributed by atoms with Crippen LogP contribution in [0.2, 0.25) is 0 Å². The van der Waals surface area contributed by atoms with Crippen molar-refractivity contribution in [1.29, 1.82) is 0 Å². The number of hydrogen-bond donors (Lipinski definition) is 2. The lowest BCUT2D eigenvalue weighted by Gasteiger charge is -2.58. The van der Waals surface area contributed by atoms with Gasteiger partial charge in [0, 0.05) is 65.3 Å². The molecule has 1 amide bonds. The number of nitrogens with one attached hydrogen (secondary N) is 1. The summed E-state index contributed by atoms with van der Waals surface area (Å²) in [6.07, 6.45) is 2.31. The van der Waals surface area contributed by atoms with Crippen LogP contribution >= 0.6 is 11.8 Å². The zero-order valence-corrected chi connectivity index (χ0v) is 26.6. The van der Waals surface area contributed by atoms with E-state index in [2.05, 4.69) is 22.1 Å². The van der Waals surface area contributed by atoms with Crippen LogP contribution in [0, 0.1) is 17.3 Å². The van der Waals surface area contributed by atoms with Crippen LogP contribution < -0.4 is 15.1 Å². The van der Waals surface area contributed by atoms with Crippen LogP contribution in [0.3, 0.4) is 0 Å². The standard InChI is InChI=1S/C34H41F3N4O3S/c1-3-32(43)40(30-14-13-26(45-2)17-31(30)42)15-5-6-25-16-27-28(7-4-8-29(27)41(25)20-34(35,36)37)38-23-9-11-24(12-10-23)39-18-33(19-39)21-44-22-33/h4,7-8,13-14,17,23-25,38,42H,3,9-12,15-16,18-22H2,1-2H3. The number of alkyl halides is 3. The van der Waals surface area contributed by atoms with Crippen LogP contribution in [-0.2, 0) is 16.0 Å². The fourth-order valence-corrected chi connectivity index (χ4v) is 7.67. The van der Waals surface area contributed by atoms with Crippen molar-refractivity contribution in [2.75, 3.05) is 60.8 Å². The Bertz CT molecular complexity index is 1450. The number of likely N-dealkylation sites (tertiary alicyclic amines) is 1. The van der Waals surface area contributed by atoms with E-state index in [0.717, 1.165) is 68.1 Å². The predicted molar refractivity (Wildman–Crippen MR) is 172 cm³/mol. The van der Waals surface area contributed by atoms with E-state index >= 15 is 0 Å². The first-order chi connectivity index (χ1) is 21.6. The average Bonchev–Trinajstić information content (AvgIpc) is 3.31. The summed E-state index contributed by atoms with van der Waals surface area (Å²) < 4.78 is 46.8. The molecule has 45 heavy (non-hydrogen) atoms. The summed E-state index contributed by atoms with van der Waals surface area (Å²) in [6.45, 7) is 4.63. The number of nitrogens with zero attached hydrogens (tertiary/aromatic N) is 3. The van der Waals surface area contributed by atoms with Gasteiger partial charge in [0.25, 0.3) is 0 Å². The number of hydrogen-bond acceptors (Lipinski definition) is 7. The van der Waals surface area contributed by atoms with Crippen molar-refractivity contribution in [3.05, 3.63) is 42.0 Å². The molecule has 0 radical (unpaired) electrons. The zero-order chi connectivity index (χ0) is 31.8. The van der Waals surface area contributed by atoms with Crippen LogP contribution in [0.1, 0.15) is 44.6 Å². The SMILES string of the molecule is CCC(=O)N(CC#CC1Cc2c(NC3CCC(N4CC5(COC5)C4)CC3)cccc2N1CC(F)(F)F)c1ccc(SC)cc1O. The Hall–Kier alpha value is -3.07. The minimum atomic E-state index is -4.40. The molecule has 6 rings (SSSR count). The van der Waals surface area contributed by atoms with E-state index in [1.165, 1.54) is 21.6 Å². The maximum Gasteiger partial charge on any atom is 0.405 e. The number of benzene rings is 2. The molecule has 4 aliphatic rings. The van der Waals surface area contributed by atoms with E-state index in [1.54, 1.807) is 25.1 Å². The van der Waals surface area contributed by atoms with Crippen molar-refractivity contribution >= 4 is 34.7 Å². The van der Waals surface area contributed by atoms with E-state index in [0.29, 0.717) is 29.3 Å². The van der Waals surface area contributed by atoms with Crippen molar-refractivity contribution in [2.24, 2.45) is 5.41 Å². The number of carbonyl (C=O) groups is 1. The number of anilines is 3. The first-order valence-electron chi connectivity index (χ1n) is 15.8. The van der Waals surface area contributed by atoms with Crippen molar-refractivity contribution in [1.82, 2.24) is 4.90 Å². The van der Waals surface area contributed by atoms with Gasteiger partial charge in [0.05, 0.1) is 31.5 Å². The number of carbonyl (C=O) groups excluding carboxylic acids is 1. The number of aromatic hydroxyl groups is 1. The van der Waals surface area contributed by atoms with E-state index in [1.807, 2.05) is 24.5 Å². The lowest BCUT2D eigenvalue weighted by molar-refractivity contribution is -0.200. The van der Waals surface area contributed by atoms with Gasteiger partial charge in [-0.3, -0.25) is 14.6 Å². The highest BCUT2D eigenvalue weighted by molar-refractivity contribution is 7.98. The first kappa shape index (κ1) is 31.9. The van der Waals surface area contributed by atoms with Gasteiger partial charge in [-0.25, -0.2) is 0 Å². The molecule has 1 unspecified atom stereocenters. The topological polar surface area (TPSA) is 68.3 Å². The molecular weight excluding hydrogens is 601 g/mol. The molecule has 3 fully saturated rings. The lowest BCUT2D eigenvalue weighted by Crippen LogP contribution is -2.68. The molecule has 3 aliphatic heterocycles. The summed E-state index contributed by atoms with van der Waals surface area (Å²) in [4.78, 5) is 19.0. The van der Waals surface area contributed by atoms with Gasteiger partial charge in [0.1, 0.15) is 12.3 Å². The Labute approximate surface area is 267 Å². The van der Waals surface area contributed by atoms with Crippen LogP contribution in [0.25, 0.3) is 0 Å². The number of amides is 1. The minimum absolute atomic E-state index is 0.0366. The van der Waals surface area contributed by atoms with Gasteiger partial charge in [-0.05, 0) is 62.3 Å². The van der Waals surface area contributed by atoms with E-state index in [-0.39, 0.29) is 30.7 Å². The van der Waals surface area contributed by atoms with Gasteiger partial charge in [-0.2, -0.15) is 13.2 Å². The summed E-state index contributed by atoms with van der Waals surface area (Å²) in [5, 5.41) is 14.3. The molecule has 1 aliphatic carbocycles. The Kier molecular flexibility index (Phi) is 9.19. The second kappa shape index (κ2) is 13.0. The number of phenols is 1. The molecule has 2 N–H and O–H groups in total. The number of rotatable bonds is 8. The normalized spacial score (nSPS) is 23.8. The van der Waals surface area contributed by atoms with E-state index in [9.17, 15) is 23.1 Å². The molecule has 2 saturated heterocycles. The summed E-state index contributed by atoms with van der Waals surface area (Å²) in [5.74, 6) is 5.77. The third-order valence-electron chi connectivity index (χ3n) is 9.63. The average molecular weight is 643 g/mol. The Morgan fingerprint density at radius 3 is 2.56 bits per heavy atom. The summed E-state index contributed by atoms with van der Waals surface area (Å²) in [5.41, 5.74) is 3.02. The molecule has 7 nitrogen and oxygen atoms in total. The quantitative estimate of drug-likeness (QED) is 0.274. The third-order valence-corrected chi connectivity index (χ3v) is 10.4. The molecule has 11 heteroatoms. The summed E-state index contributed by atoms with van der Waals surface area (Å²) >= 11 is 1.47. The van der Waals surface area contributed by atoms with Crippen molar-refractivity contribution in [2.45, 2.75) is 74.6 Å². The Morgan fingerprint density at radius 2 is 1.93 bits per heavy atom. The van der Waals surface area contributed by atoms with Gasteiger partial charge in [-0.1, -0.05) is 24.8 Å². The molecule has 242 valence electrons. The second-order valence-corrected chi connectivity index (χ2v) is 13.7. The van der Waals surface area contributed by atoms with Gasteiger partial charge in [0.15, 0.2) is 0 Å². The van der Waals surface area contributed by atoms with E-state index in [4.69, 9.17) is 4.74 Å². The van der Waals surface area contributed by atoms with Gasteiger partial charge in [0.2, 0.25) is 5.91 Å². The largest absolute Gasteiger partial charge is 0.506 e. The number of phenolic OH excluding ortho intramolecular Hbond substituents is 1. The molecule has 0 aromatic heterocycles. The zero-order valence-electron chi connectivity index (χ0n) is 25.8. The number of fused-ring (bicyclic) bond motifs is 1. The fourth-order valence-electron chi connectivity index (χ4n) is 7.23. The first-order valence-corrected chi connectivity index (χ1v) is 17.0. The number of halogens is 3. The summed E-state index contributed by atoms with van der Waals surface area (Å²) in [7, 11) is 0. The maximum atomic E-state index is 13.8. The molecule has 2 aromatic carbocycles. The molecule has 2 aromatic rings. The van der Waals surface area contributed by atoms with Crippen LogP contribution in [-0.4, -0.2) is 85.9 Å². The van der Waals surface area contributed by atoms with E-state index < -0.39 is 18.8 Å². The minimum Gasteiger partial charge on any atom is -0.506 e. The van der Waals surface area contributed by atoms with Crippen LogP contribution in [0.4, 0.5) is 30.2 Å². The smallest absolute Gasteiger partial charge is 0.405 e. The van der Waals surface area contributed by atoms with Crippen molar-refractivity contribution in [3.63, 3.8) is 0 Å². The van der Waals surface area contributed by atoms with Crippen molar-refractivity contribution < 1.29 is 27.8 Å². The molecule has 3 heterocycles. The fraction of sp³-hybridized carbons (Fsp3) is 0.559. The predicted octanol–water partition coefficient (Wildman–Crippen LogP) is 5.91. The highest BCUT2D eigenvalue weighted by Gasteiger charge is 2.51. The lowest BCUT2D eigenvalue weighted by atomic mass is 9.75. The Morgan fingerprint density at radius 1 is 1.18 bits per heavy atom. The summed E-state index contributed by atoms with van der Waals surface area (Å²) in [6, 6.07) is 10.8. The Balaban J connectivity index is 1.15. The molecular formula is C34H41F3N4O3S. The molecule has 0 bridgehead atoms. The molecule has 1 atom stereocenters. The van der Waals surface area contributed by atoms with Gasteiger partial charge >= 0.3 is 6.18 Å². The third kappa shape index (κ3) is 6.88. The highest BCUT2D eigenvalue weighted by atomic mass is 32.2. The van der Waals surface area contributed by atoms with Crippen LogP contribution in [0.15, 0.2) is 41.3 Å². The second-order valence-electron chi connectivity index (χ2n) is 12.8.